The van der Waals surface area contributed by atoms with Crippen LogP contribution in [0.25, 0.3) is 0 Å². The fourth-order valence-electron chi connectivity index (χ4n) is 2.98. The van der Waals surface area contributed by atoms with Gasteiger partial charge in [-0.25, -0.2) is 0 Å². The summed E-state index contributed by atoms with van der Waals surface area (Å²) in [6.45, 7) is 8.81. The number of likely N-dealkylation sites (N-methyl/N-ethyl adjacent to an activating group) is 1. The normalized spacial score (nSPS) is 19.2. The van der Waals surface area contributed by atoms with Crippen molar-refractivity contribution in [3.63, 3.8) is 0 Å². The second-order valence-corrected chi connectivity index (χ2v) is 5.00. The second kappa shape index (κ2) is 6.15. The Kier molecular flexibility index (Phi) is 4.53. The van der Waals surface area contributed by atoms with Crippen LogP contribution in [0.5, 0.6) is 5.75 Å². The van der Waals surface area contributed by atoms with Crippen molar-refractivity contribution in [2.75, 3.05) is 43.9 Å². The molecule has 1 aromatic rings. The van der Waals surface area contributed by atoms with E-state index in [9.17, 15) is 0 Å². The van der Waals surface area contributed by atoms with Crippen LogP contribution in [-0.4, -0.2) is 44.2 Å². The Bertz CT molecular complexity index is 418. The number of ether oxygens (including phenoxy) is 1. The molecular formula is C15H25N3O. The van der Waals surface area contributed by atoms with Crippen molar-refractivity contribution in [1.82, 2.24) is 4.90 Å². The zero-order valence-corrected chi connectivity index (χ0v) is 12.2. The highest BCUT2D eigenvalue weighted by molar-refractivity contribution is 5.74. The zero-order chi connectivity index (χ0) is 13.8. The first-order valence-corrected chi connectivity index (χ1v) is 7.12. The molecule has 1 saturated heterocycles. The third kappa shape index (κ3) is 2.78. The number of benzene rings is 1. The van der Waals surface area contributed by atoms with Crippen LogP contribution in [0.1, 0.15) is 20.3 Å². The Morgan fingerprint density at radius 3 is 2.74 bits per heavy atom. The lowest BCUT2D eigenvalue weighted by molar-refractivity contribution is 0.232. The van der Waals surface area contributed by atoms with Gasteiger partial charge in [-0.3, -0.25) is 4.90 Å². The smallest absolute Gasteiger partial charge is 0.143 e. The van der Waals surface area contributed by atoms with Crippen LogP contribution in [0.15, 0.2) is 18.2 Å². The van der Waals surface area contributed by atoms with Gasteiger partial charge in [-0.1, -0.05) is 19.9 Å². The van der Waals surface area contributed by atoms with E-state index in [0.29, 0.717) is 6.04 Å². The molecule has 0 radical (unpaired) electrons. The number of methoxy groups -OCH3 is 1. The van der Waals surface area contributed by atoms with Gasteiger partial charge < -0.3 is 15.4 Å². The van der Waals surface area contributed by atoms with E-state index in [1.54, 1.807) is 7.11 Å². The molecule has 1 aliphatic heterocycles. The quantitative estimate of drug-likeness (QED) is 0.827. The SMILES string of the molecule is CCN(CC)C1CCN(c2cccc(OC)c2N)C1. The number of anilines is 2. The molecule has 0 aromatic heterocycles. The molecule has 2 rings (SSSR count). The standard InChI is InChI=1S/C15H25N3O/c1-4-17(5-2)12-9-10-18(11-12)13-7-6-8-14(19-3)15(13)16/h6-8,12H,4-5,9-11,16H2,1-3H3. The summed E-state index contributed by atoms with van der Waals surface area (Å²) in [6, 6.07) is 6.65. The number of hydrogen-bond donors (Lipinski definition) is 1. The highest BCUT2D eigenvalue weighted by Crippen LogP contribution is 2.34. The van der Waals surface area contributed by atoms with Gasteiger partial charge in [-0.05, 0) is 31.6 Å². The molecule has 106 valence electrons. The Hall–Kier alpha value is -1.42. The maximum Gasteiger partial charge on any atom is 0.143 e. The first-order chi connectivity index (χ1) is 9.21. The molecule has 4 nitrogen and oxygen atoms in total. The van der Waals surface area contributed by atoms with Gasteiger partial charge >= 0.3 is 0 Å². The summed E-state index contributed by atoms with van der Waals surface area (Å²) in [5.41, 5.74) is 8.04. The number of nitrogens with two attached hydrogens (primary N) is 1. The molecule has 0 spiro atoms. The summed E-state index contributed by atoms with van der Waals surface area (Å²) in [5, 5.41) is 0. The molecule has 1 unspecified atom stereocenters. The van der Waals surface area contributed by atoms with Gasteiger partial charge in [0.05, 0.1) is 18.5 Å². The molecule has 1 aromatic carbocycles. The minimum absolute atomic E-state index is 0.639. The fourth-order valence-corrected chi connectivity index (χ4v) is 2.98. The Morgan fingerprint density at radius 2 is 2.11 bits per heavy atom. The van der Waals surface area contributed by atoms with E-state index >= 15 is 0 Å². The van der Waals surface area contributed by atoms with E-state index in [4.69, 9.17) is 10.5 Å². The van der Waals surface area contributed by atoms with Gasteiger partial charge in [0.25, 0.3) is 0 Å². The average molecular weight is 263 g/mol. The number of nitrogen functional groups attached to an aromatic ring is 1. The van der Waals surface area contributed by atoms with E-state index in [-0.39, 0.29) is 0 Å². The molecule has 0 bridgehead atoms. The van der Waals surface area contributed by atoms with Crippen molar-refractivity contribution in [3.05, 3.63) is 18.2 Å². The molecular weight excluding hydrogens is 238 g/mol. The van der Waals surface area contributed by atoms with Crippen LogP contribution in [0.4, 0.5) is 11.4 Å². The van der Waals surface area contributed by atoms with Gasteiger partial charge in [-0.2, -0.15) is 0 Å². The molecule has 1 fully saturated rings. The molecule has 2 N–H and O–H groups in total. The molecule has 4 heteroatoms. The maximum atomic E-state index is 6.18. The third-order valence-electron chi connectivity index (χ3n) is 4.10. The topological polar surface area (TPSA) is 41.7 Å². The maximum absolute atomic E-state index is 6.18. The van der Waals surface area contributed by atoms with Crippen molar-refractivity contribution in [2.45, 2.75) is 26.3 Å². The van der Waals surface area contributed by atoms with Crippen molar-refractivity contribution >= 4 is 11.4 Å². The van der Waals surface area contributed by atoms with E-state index in [2.05, 4.69) is 29.7 Å². The van der Waals surface area contributed by atoms with Crippen LogP contribution in [0.2, 0.25) is 0 Å². The number of para-hydroxylation sites is 1. The first-order valence-electron chi connectivity index (χ1n) is 7.12. The molecule has 0 saturated carbocycles. The van der Waals surface area contributed by atoms with Crippen LogP contribution >= 0.6 is 0 Å². The number of hydrogen-bond acceptors (Lipinski definition) is 4. The van der Waals surface area contributed by atoms with Gasteiger partial charge in [0.15, 0.2) is 0 Å². The van der Waals surface area contributed by atoms with E-state index < -0.39 is 0 Å². The lowest BCUT2D eigenvalue weighted by Crippen LogP contribution is -2.37. The first kappa shape index (κ1) is 14.0. The molecule has 0 amide bonds. The minimum atomic E-state index is 0.639. The lowest BCUT2D eigenvalue weighted by Gasteiger charge is -2.27. The zero-order valence-electron chi connectivity index (χ0n) is 12.2. The van der Waals surface area contributed by atoms with Crippen molar-refractivity contribution in [2.24, 2.45) is 0 Å². The summed E-state index contributed by atoms with van der Waals surface area (Å²) in [5.74, 6) is 0.767. The summed E-state index contributed by atoms with van der Waals surface area (Å²) >= 11 is 0. The predicted molar refractivity (Wildman–Crippen MR) is 80.9 cm³/mol. The van der Waals surface area contributed by atoms with Gasteiger partial charge in [0.1, 0.15) is 5.75 Å². The highest BCUT2D eigenvalue weighted by atomic mass is 16.5. The predicted octanol–water partition coefficient (Wildman–Crippen LogP) is 2.20. The molecule has 1 heterocycles. The van der Waals surface area contributed by atoms with Gasteiger partial charge in [-0.15, -0.1) is 0 Å². The highest BCUT2D eigenvalue weighted by Gasteiger charge is 2.27. The Balaban J connectivity index is 2.13. The van der Waals surface area contributed by atoms with Crippen molar-refractivity contribution in [1.29, 1.82) is 0 Å². The summed E-state index contributed by atoms with van der Waals surface area (Å²) in [4.78, 5) is 4.90. The van der Waals surface area contributed by atoms with E-state index in [1.165, 1.54) is 6.42 Å². The third-order valence-corrected chi connectivity index (χ3v) is 4.10. The molecule has 0 aliphatic carbocycles. The Labute approximate surface area is 116 Å². The van der Waals surface area contributed by atoms with Gasteiger partial charge in [0.2, 0.25) is 0 Å². The van der Waals surface area contributed by atoms with Crippen molar-refractivity contribution < 1.29 is 4.74 Å². The number of rotatable bonds is 5. The second-order valence-electron chi connectivity index (χ2n) is 5.00. The van der Waals surface area contributed by atoms with Gasteiger partial charge in [0, 0.05) is 19.1 Å². The average Bonchev–Trinajstić information content (AvgIpc) is 2.90. The number of nitrogens with zero attached hydrogens (tertiary/aromatic N) is 2. The van der Waals surface area contributed by atoms with Crippen LogP contribution < -0.4 is 15.4 Å². The van der Waals surface area contributed by atoms with Crippen molar-refractivity contribution in [3.8, 4) is 5.75 Å². The lowest BCUT2D eigenvalue weighted by atomic mass is 10.2. The monoisotopic (exact) mass is 263 g/mol. The van der Waals surface area contributed by atoms with Crippen LogP contribution in [0, 0.1) is 0 Å². The molecule has 1 atom stereocenters. The fraction of sp³-hybridized carbons (Fsp3) is 0.600. The Morgan fingerprint density at radius 1 is 1.37 bits per heavy atom. The van der Waals surface area contributed by atoms with E-state index in [0.717, 1.165) is 43.3 Å². The summed E-state index contributed by atoms with van der Waals surface area (Å²) in [6.07, 6.45) is 1.21. The minimum Gasteiger partial charge on any atom is -0.495 e. The van der Waals surface area contributed by atoms with Crippen LogP contribution in [-0.2, 0) is 0 Å². The van der Waals surface area contributed by atoms with E-state index in [1.807, 2.05) is 12.1 Å². The summed E-state index contributed by atoms with van der Waals surface area (Å²) in [7, 11) is 1.66. The largest absolute Gasteiger partial charge is 0.495 e. The summed E-state index contributed by atoms with van der Waals surface area (Å²) < 4.78 is 5.30. The molecule has 1 aliphatic rings. The van der Waals surface area contributed by atoms with Crippen LogP contribution in [0.3, 0.4) is 0 Å². The molecule has 19 heavy (non-hydrogen) atoms.